The lowest BCUT2D eigenvalue weighted by Gasteiger charge is -2.35. The zero-order valence-corrected chi connectivity index (χ0v) is 10.8. The summed E-state index contributed by atoms with van der Waals surface area (Å²) in [5.74, 6) is 0.292. The molecule has 0 N–H and O–H groups in total. The predicted molar refractivity (Wildman–Crippen MR) is 66.1 cm³/mol. The molecule has 0 amide bonds. The highest BCUT2D eigenvalue weighted by Gasteiger charge is 2.65. The van der Waals surface area contributed by atoms with Crippen molar-refractivity contribution in [1.29, 1.82) is 0 Å². The zero-order valence-electron chi connectivity index (χ0n) is 9.95. The molecule has 2 rings (SSSR count). The molecule has 0 radical (unpaired) electrons. The van der Waals surface area contributed by atoms with Crippen molar-refractivity contribution in [2.24, 2.45) is 16.7 Å². The van der Waals surface area contributed by atoms with E-state index < -0.39 is 15.5 Å². The molecule has 5 heteroatoms. The van der Waals surface area contributed by atoms with E-state index in [0.717, 1.165) is 13.5 Å². The van der Waals surface area contributed by atoms with Gasteiger partial charge in [-0.15, -0.1) is 0 Å². The maximum Gasteiger partial charge on any atom is 0.268 e. The van der Waals surface area contributed by atoms with Gasteiger partial charge in [-0.2, -0.15) is 8.42 Å². The van der Waals surface area contributed by atoms with Gasteiger partial charge in [0.1, 0.15) is 5.78 Å². The van der Waals surface area contributed by atoms with Crippen LogP contribution in [0.5, 0.6) is 0 Å². The maximum atomic E-state index is 12.0. The summed E-state index contributed by atoms with van der Waals surface area (Å²) in [5, 5.41) is 0. The van der Waals surface area contributed by atoms with Crippen molar-refractivity contribution in [2.45, 2.75) is 40.5 Å². The molecule has 0 aromatic rings. The molecule has 4 nitrogen and oxygen atoms in total. The fourth-order valence-electron chi connectivity index (χ4n) is 3.47. The average molecular weight is 262 g/mol. The van der Waals surface area contributed by atoms with Crippen LogP contribution in [0.15, 0.2) is 0 Å². The molecule has 2 fully saturated rings. The van der Waals surface area contributed by atoms with Crippen molar-refractivity contribution in [3.05, 3.63) is 0 Å². The summed E-state index contributed by atoms with van der Waals surface area (Å²) in [6.07, 6.45) is 2.18. The quantitative estimate of drug-likeness (QED) is 0.730. The van der Waals surface area contributed by atoms with Gasteiger partial charge in [0.25, 0.3) is 10.1 Å². The highest BCUT2D eigenvalue weighted by Crippen LogP contribution is 2.64. The molecule has 2 bridgehead atoms. The van der Waals surface area contributed by atoms with Gasteiger partial charge in [-0.25, -0.2) is 0 Å². The van der Waals surface area contributed by atoms with Gasteiger partial charge in [-0.1, -0.05) is 21.3 Å². The van der Waals surface area contributed by atoms with E-state index in [-0.39, 0.29) is 24.4 Å². The highest BCUT2D eigenvalue weighted by molar-refractivity contribution is 7.86. The van der Waals surface area contributed by atoms with Crippen LogP contribution in [0.3, 0.4) is 0 Å². The van der Waals surface area contributed by atoms with E-state index in [1.807, 2.05) is 13.8 Å². The summed E-state index contributed by atoms with van der Waals surface area (Å²) in [4.78, 5) is 12.0. The summed E-state index contributed by atoms with van der Waals surface area (Å²) < 4.78 is 27.7. The molecule has 2 aliphatic carbocycles. The molecule has 0 saturated heterocycles. The average Bonchev–Trinajstić information content (AvgIpc) is 2.51. The van der Waals surface area contributed by atoms with Crippen LogP contribution in [-0.2, 0) is 19.1 Å². The molecular weight excluding hydrogens is 240 g/mol. The van der Waals surface area contributed by atoms with E-state index in [2.05, 4.69) is 4.18 Å². The summed E-state index contributed by atoms with van der Waals surface area (Å²) in [5.41, 5.74) is -0.914. The summed E-state index contributed by atoms with van der Waals surface area (Å²) in [6, 6.07) is 0. The Morgan fingerprint density at radius 3 is 2.35 bits per heavy atom. The van der Waals surface area contributed by atoms with Crippen molar-refractivity contribution in [3.63, 3.8) is 0 Å². The molecule has 0 aromatic heterocycles. The summed E-state index contributed by atoms with van der Waals surface area (Å²) in [6.45, 7) is 4.03. The zero-order chi connectivity index (χ0) is 12.2. The summed E-state index contributed by atoms with van der Waals surface area (Å²) in [7, 11) is -2.41. The number of carbonyl (C=O) groups is 1. The SMILES string of the molecule is C.COS(=O)(=O)CC12CCC(CC1=O)C2(C)C. The number of carbonyl (C=O) groups excluding carboxylic acids is 1. The fraction of sp³-hybridized carbons (Fsp3) is 0.917. The van der Waals surface area contributed by atoms with Crippen LogP contribution >= 0.6 is 0 Å². The van der Waals surface area contributed by atoms with Crippen LogP contribution in [0.4, 0.5) is 0 Å². The molecule has 100 valence electrons. The Labute approximate surface area is 104 Å². The van der Waals surface area contributed by atoms with Gasteiger partial charge in [-0.3, -0.25) is 8.98 Å². The monoisotopic (exact) mass is 262 g/mol. The fourth-order valence-corrected chi connectivity index (χ4v) is 4.87. The van der Waals surface area contributed by atoms with Gasteiger partial charge in [0.15, 0.2) is 0 Å². The Hall–Kier alpha value is -0.420. The van der Waals surface area contributed by atoms with Crippen molar-refractivity contribution >= 4 is 15.9 Å². The normalized spacial score (nSPS) is 34.8. The van der Waals surface area contributed by atoms with Crippen LogP contribution in [0.2, 0.25) is 0 Å². The minimum absolute atomic E-state index is 0. The lowest BCUT2D eigenvalue weighted by atomic mass is 9.70. The van der Waals surface area contributed by atoms with E-state index in [0.29, 0.717) is 18.8 Å². The lowest BCUT2D eigenvalue weighted by Crippen LogP contribution is -2.42. The second kappa shape index (κ2) is 4.05. The van der Waals surface area contributed by atoms with Crippen molar-refractivity contribution in [3.8, 4) is 0 Å². The molecule has 2 aliphatic rings. The van der Waals surface area contributed by atoms with Gasteiger partial charge in [0.05, 0.1) is 18.3 Å². The van der Waals surface area contributed by atoms with Crippen LogP contribution in [-0.4, -0.2) is 27.1 Å². The first-order valence-corrected chi connectivity index (χ1v) is 7.14. The van der Waals surface area contributed by atoms with Crippen molar-refractivity contribution < 1.29 is 17.4 Å². The first-order valence-electron chi connectivity index (χ1n) is 5.57. The summed E-state index contributed by atoms with van der Waals surface area (Å²) >= 11 is 0. The Morgan fingerprint density at radius 1 is 1.41 bits per heavy atom. The topological polar surface area (TPSA) is 60.4 Å². The largest absolute Gasteiger partial charge is 0.299 e. The lowest BCUT2D eigenvalue weighted by molar-refractivity contribution is -0.128. The smallest absolute Gasteiger partial charge is 0.268 e. The second-order valence-electron chi connectivity index (χ2n) is 5.54. The number of hydrogen-bond acceptors (Lipinski definition) is 4. The Bertz CT molecular complexity index is 424. The number of hydrogen-bond donors (Lipinski definition) is 0. The molecule has 2 unspecified atom stereocenters. The molecule has 0 aliphatic heterocycles. The standard InChI is InChI=1S/C11H18O4S.CH4/c1-10(2)8-4-5-11(10,9(12)6-8)7-16(13,14)15-3;/h8H,4-7H2,1-3H3;1H4. The molecule has 2 saturated carbocycles. The minimum atomic E-state index is -3.57. The second-order valence-corrected chi connectivity index (χ2v) is 7.27. The van der Waals surface area contributed by atoms with E-state index in [1.165, 1.54) is 0 Å². The van der Waals surface area contributed by atoms with E-state index >= 15 is 0 Å². The maximum absolute atomic E-state index is 12.0. The first kappa shape index (κ1) is 14.6. The number of rotatable bonds is 3. The van der Waals surface area contributed by atoms with Crippen LogP contribution in [0.25, 0.3) is 0 Å². The Morgan fingerprint density at radius 2 is 2.00 bits per heavy atom. The number of ketones is 1. The molecular formula is C12H22O4S. The third-order valence-electron chi connectivity index (χ3n) is 4.82. The van der Waals surface area contributed by atoms with Gasteiger partial charge in [-0.05, 0) is 24.2 Å². The van der Waals surface area contributed by atoms with E-state index in [4.69, 9.17) is 0 Å². The molecule has 0 aromatic carbocycles. The molecule has 0 spiro atoms. The molecule has 17 heavy (non-hydrogen) atoms. The van der Waals surface area contributed by atoms with Crippen LogP contribution in [0.1, 0.15) is 40.5 Å². The molecule has 2 atom stereocenters. The Balaban J connectivity index is 0.00000144. The van der Waals surface area contributed by atoms with Gasteiger partial charge in [0.2, 0.25) is 0 Å². The number of Topliss-reactive ketones (excluding diaryl/α,β-unsaturated/α-hetero) is 1. The van der Waals surface area contributed by atoms with Gasteiger partial charge >= 0.3 is 0 Å². The van der Waals surface area contributed by atoms with E-state index in [9.17, 15) is 13.2 Å². The third kappa shape index (κ3) is 1.83. The van der Waals surface area contributed by atoms with Gasteiger partial charge in [0, 0.05) is 6.42 Å². The molecule has 0 heterocycles. The van der Waals surface area contributed by atoms with Crippen molar-refractivity contribution in [1.82, 2.24) is 0 Å². The van der Waals surface area contributed by atoms with E-state index in [1.54, 1.807) is 0 Å². The Kier molecular flexibility index (Phi) is 3.49. The van der Waals surface area contributed by atoms with Crippen LogP contribution < -0.4 is 0 Å². The highest BCUT2D eigenvalue weighted by atomic mass is 32.2. The van der Waals surface area contributed by atoms with Crippen LogP contribution in [0, 0.1) is 16.7 Å². The predicted octanol–water partition coefficient (Wildman–Crippen LogP) is 1.99. The minimum Gasteiger partial charge on any atom is -0.299 e. The first-order chi connectivity index (χ1) is 7.25. The van der Waals surface area contributed by atoms with Crippen molar-refractivity contribution in [2.75, 3.05) is 12.9 Å². The number of fused-ring (bicyclic) bond motifs is 2. The third-order valence-corrected chi connectivity index (χ3v) is 6.17. The van der Waals surface area contributed by atoms with Gasteiger partial charge < -0.3 is 0 Å².